The van der Waals surface area contributed by atoms with E-state index in [1.165, 1.54) is 5.56 Å². The largest absolute Gasteiger partial charge is 0.497 e. The van der Waals surface area contributed by atoms with Crippen molar-refractivity contribution in [3.63, 3.8) is 0 Å². The van der Waals surface area contributed by atoms with E-state index in [1.54, 1.807) is 7.11 Å². The summed E-state index contributed by atoms with van der Waals surface area (Å²) in [4.78, 5) is 0. The Morgan fingerprint density at radius 1 is 1.28 bits per heavy atom. The average molecular weight is 251 g/mol. The molecule has 0 radical (unpaired) electrons. The van der Waals surface area contributed by atoms with Crippen molar-refractivity contribution in [2.24, 2.45) is 5.41 Å². The van der Waals surface area contributed by atoms with Gasteiger partial charge in [-0.3, -0.25) is 0 Å². The fourth-order valence-electron chi connectivity index (χ4n) is 2.03. The van der Waals surface area contributed by atoms with E-state index in [0.717, 1.165) is 31.7 Å². The van der Waals surface area contributed by atoms with Gasteiger partial charge in [-0.1, -0.05) is 26.0 Å². The zero-order valence-electron chi connectivity index (χ0n) is 11.7. The van der Waals surface area contributed by atoms with Crippen LogP contribution in [-0.2, 0) is 6.54 Å². The standard InChI is InChI=1S/C15H25NO2/c1-4-15(5-2,12-17)11-16-10-13-7-6-8-14(9-13)18-3/h6-9,16-17H,4-5,10-12H2,1-3H3. The monoisotopic (exact) mass is 251 g/mol. The molecule has 0 aliphatic heterocycles. The minimum Gasteiger partial charge on any atom is -0.497 e. The molecule has 0 bridgehead atoms. The van der Waals surface area contributed by atoms with Crippen LogP contribution in [-0.4, -0.2) is 25.4 Å². The molecule has 0 fully saturated rings. The Bertz CT molecular complexity index is 340. The van der Waals surface area contributed by atoms with Gasteiger partial charge in [-0.15, -0.1) is 0 Å². The third-order valence-corrected chi connectivity index (χ3v) is 3.80. The summed E-state index contributed by atoms with van der Waals surface area (Å²) in [5.41, 5.74) is 1.21. The van der Waals surface area contributed by atoms with E-state index in [0.29, 0.717) is 0 Å². The number of benzene rings is 1. The van der Waals surface area contributed by atoms with Crippen LogP contribution in [0.15, 0.2) is 24.3 Å². The van der Waals surface area contributed by atoms with Crippen LogP contribution in [0.2, 0.25) is 0 Å². The van der Waals surface area contributed by atoms with Gasteiger partial charge in [0.15, 0.2) is 0 Å². The molecule has 3 heteroatoms. The summed E-state index contributed by atoms with van der Waals surface area (Å²) in [6.45, 7) is 6.15. The Hall–Kier alpha value is -1.06. The van der Waals surface area contributed by atoms with Crippen molar-refractivity contribution >= 4 is 0 Å². The topological polar surface area (TPSA) is 41.5 Å². The van der Waals surface area contributed by atoms with Crippen molar-refractivity contribution in [1.29, 1.82) is 0 Å². The summed E-state index contributed by atoms with van der Waals surface area (Å²) in [6, 6.07) is 8.05. The molecular weight excluding hydrogens is 226 g/mol. The molecule has 1 aromatic rings. The van der Waals surface area contributed by atoms with Gasteiger partial charge in [0.25, 0.3) is 0 Å². The highest BCUT2D eigenvalue weighted by Crippen LogP contribution is 2.24. The smallest absolute Gasteiger partial charge is 0.119 e. The summed E-state index contributed by atoms with van der Waals surface area (Å²) in [6.07, 6.45) is 1.98. The molecule has 102 valence electrons. The highest BCUT2D eigenvalue weighted by molar-refractivity contribution is 5.28. The first-order valence-corrected chi connectivity index (χ1v) is 6.64. The second kappa shape index (κ2) is 7.39. The van der Waals surface area contributed by atoms with Crippen LogP contribution >= 0.6 is 0 Å². The molecule has 3 nitrogen and oxygen atoms in total. The molecule has 18 heavy (non-hydrogen) atoms. The van der Waals surface area contributed by atoms with Crippen molar-refractivity contribution in [3.05, 3.63) is 29.8 Å². The van der Waals surface area contributed by atoms with Crippen LogP contribution in [0.3, 0.4) is 0 Å². The molecule has 0 aliphatic carbocycles. The fraction of sp³-hybridized carbons (Fsp3) is 0.600. The van der Waals surface area contributed by atoms with E-state index in [1.807, 2.05) is 18.2 Å². The SMILES string of the molecule is CCC(CC)(CO)CNCc1cccc(OC)c1. The first-order valence-electron chi connectivity index (χ1n) is 6.64. The van der Waals surface area contributed by atoms with Gasteiger partial charge in [0, 0.05) is 25.1 Å². The van der Waals surface area contributed by atoms with Crippen molar-refractivity contribution in [2.45, 2.75) is 33.2 Å². The minimum absolute atomic E-state index is 0.0128. The number of methoxy groups -OCH3 is 1. The van der Waals surface area contributed by atoms with Crippen molar-refractivity contribution in [2.75, 3.05) is 20.3 Å². The molecule has 0 amide bonds. The van der Waals surface area contributed by atoms with Crippen molar-refractivity contribution in [1.82, 2.24) is 5.32 Å². The number of aliphatic hydroxyl groups is 1. The van der Waals surface area contributed by atoms with Gasteiger partial charge in [0.05, 0.1) is 7.11 Å². The number of ether oxygens (including phenoxy) is 1. The van der Waals surface area contributed by atoms with Gasteiger partial charge >= 0.3 is 0 Å². The van der Waals surface area contributed by atoms with Gasteiger partial charge < -0.3 is 15.2 Å². The summed E-state index contributed by atoms with van der Waals surface area (Å²) in [7, 11) is 1.68. The van der Waals surface area contributed by atoms with Crippen molar-refractivity contribution in [3.8, 4) is 5.75 Å². The highest BCUT2D eigenvalue weighted by atomic mass is 16.5. The normalized spacial score (nSPS) is 11.6. The summed E-state index contributed by atoms with van der Waals surface area (Å²) >= 11 is 0. The molecular formula is C15H25NO2. The van der Waals surface area contributed by atoms with Gasteiger partial charge in [-0.25, -0.2) is 0 Å². The predicted octanol–water partition coefficient (Wildman–Crippen LogP) is 2.58. The molecule has 0 unspecified atom stereocenters. The maximum atomic E-state index is 9.50. The van der Waals surface area contributed by atoms with E-state index in [-0.39, 0.29) is 12.0 Å². The Balaban J connectivity index is 2.49. The lowest BCUT2D eigenvalue weighted by molar-refractivity contribution is 0.113. The molecule has 1 rings (SSSR count). The lowest BCUT2D eigenvalue weighted by Crippen LogP contribution is -2.36. The number of rotatable bonds is 8. The highest BCUT2D eigenvalue weighted by Gasteiger charge is 2.24. The van der Waals surface area contributed by atoms with E-state index in [2.05, 4.69) is 25.2 Å². The van der Waals surface area contributed by atoms with Gasteiger partial charge in [-0.2, -0.15) is 0 Å². The lowest BCUT2D eigenvalue weighted by Gasteiger charge is -2.29. The number of hydrogen-bond acceptors (Lipinski definition) is 3. The Kier molecular flexibility index (Phi) is 6.16. The molecule has 0 aromatic heterocycles. The average Bonchev–Trinajstić information content (AvgIpc) is 2.44. The maximum absolute atomic E-state index is 9.50. The summed E-state index contributed by atoms with van der Waals surface area (Å²) < 4.78 is 5.20. The second-order valence-corrected chi connectivity index (χ2v) is 4.82. The molecule has 0 aliphatic rings. The first kappa shape index (κ1) is 15.0. The molecule has 0 saturated heterocycles. The third kappa shape index (κ3) is 4.00. The Labute approximate surface area is 110 Å². The van der Waals surface area contributed by atoms with Gasteiger partial charge in [0.1, 0.15) is 5.75 Å². The summed E-state index contributed by atoms with van der Waals surface area (Å²) in [5, 5.41) is 12.9. The lowest BCUT2D eigenvalue weighted by atomic mass is 9.83. The van der Waals surface area contributed by atoms with Gasteiger partial charge in [-0.05, 0) is 30.5 Å². The summed E-state index contributed by atoms with van der Waals surface area (Å²) in [5.74, 6) is 0.883. The number of nitrogens with one attached hydrogen (secondary N) is 1. The zero-order chi connectivity index (χ0) is 13.4. The van der Waals surface area contributed by atoms with E-state index < -0.39 is 0 Å². The number of aliphatic hydroxyl groups excluding tert-OH is 1. The quantitative estimate of drug-likeness (QED) is 0.746. The minimum atomic E-state index is 0.0128. The predicted molar refractivity (Wildman–Crippen MR) is 74.8 cm³/mol. The van der Waals surface area contributed by atoms with Crippen LogP contribution in [0.4, 0.5) is 0 Å². The zero-order valence-corrected chi connectivity index (χ0v) is 11.7. The number of hydrogen-bond donors (Lipinski definition) is 2. The third-order valence-electron chi connectivity index (χ3n) is 3.80. The van der Waals surface area contributed by atoms with Crippen LogP contribution in [0.25, 0.3) is 0 Å². The first-order chi connectivity index (χ1) is 8.69. The van der Waals surface area contributed by atoms with E-state index in [4.69, 9.17) is 4.74 Å². The van der Waals surface area contributed by atoms with Crippen LogP contribution in [0, 0.1) is 5.41 Å². The van der Waals surface area contributed by atoms with Crippen LogP contribution in [0.1, 0.15) is 32.3 Å². The second-order valence-electron chi connectivity index (χ2n) is 4.82. The molecule has 0 spiro atoms. The Morgan fingerprint density at radius 3 is 2.56 bits per heavy atom. The molecule has 0 saturated carbocycles. The van der Waals surface area contributed by atoms with Crippen LogP contribution in [0.5, 0.6) is 5.75 Å². The molecule has 2 N–H and O–H groups in total. The van der Waals surface area contributed by atoms with Crippen molar-refractivity contribution < 1.29 is 9.84 Å². The molecule has 1 aromatic carbocycles. The van der Waals surface area contributed by atoms with Crippen LogP contribution < -0.4 is 10.1 Å². The van der Waals surface area contributed by atoms with E-state index in [9.17, 15) is 5.11 Å². The van der Waals surface area contributed by atoms with Gasteiger partial charge in [0.2, 0.25) is 0 Å². The van der Waals surface area contributed by atoms with E-state index >= 15 is 0 Å². The fourth-order valence-corrected chi connectivity index (χ4v) is 2.03. The maximum Gasteiger partial charge on any atom is 0.119 e. The molecule has 0 heterocycles. The molecule has 0 atom stereocenters. The Morgan fingerprint density at radius 2 is 2.00 bits per heavy atom.